The Bertz CT molecular complexity index is 3620. The molecule has 4 aromatic carbocycles. The number of aromatic nitrogens is 6. The van der Waals surface area contributed by atoms with Gasteiger partial charge in [0.1, 0.15) is 78.9 Å². The van der Waals surface area contributed by atoms with Gasteiger partial charge in [-0.2, -0.15) is 0 Å². The molecule has 2 saturated heterocycles. The fraction of sp³-hybridized carbons (Fsp3) is 0.263. The van der Waals surface area contributed by atoms with Crippen molar-refractivity contribution in [3.8, 4) is 57.0 Å². The Kier molecular flexibility index (Phi) is 19.4. The van der Waals surface area contributed by atoms with Crippen molar-refractivity contribution in [3.05, 3.63) is 173 Å². The average Bonchev–Trinajstić information content (AvgIpc) is 3.34. The van der Waals surface area contributed by atoms with Crippen molar-refractivity contribution in [2.75, 3.05) is 85.5 Å². The van der Waals surface area contributed by atoms with E-state index in [9.17, 15) is 20.2 Å². The molecule has 0 radical (unpaired) electrons. The van der Waals surface area contributed by atoms with Crippen molar-refractivity contribution < 1.29 is 38.3 Å². The third-order valence-corrected chi connectivity index (χ3v) is 15.0. The molecule has 0 amide bonds. The van der Waals surface area contributed by atoms with Gasteiger partial charge in [-0.3, -0.25) is 20.2 Å². The molecule has 430 valence electrons. The third-order valence-electron chi connectivity index (χ3n) is 13.5. The number of anilines is 4. The van der Waals surface area contributed by atoms with E-state index in [1.54, 1.807) is 73.1 Å². The van der Waals surface area contributed by atoms with Crippen molar-refractivity contribution in [3.63, 3.8) is 0 Å². The number of benzene rings is 4. The lowest BCUT2D eigenvalue weighted by molar-refractivity contribution is -0.385. The van der Waals surface area contributed by atoms with Gasteiger partial charge in [-0.1, -0.05) is 46.4 Å². The maximum atomic E-state index is 11.9. The van der Waals surface area contributed by atoms with E-state index in [0.717, 1.165) is 26.2 Å². The van der Waals surface area contributed by atoms with Crippen LogP contribution in [0.2, 0.25) is 20.1 Å². The predicted octanol–water partition coefficient (Wildman–Crippen LogP) is 11.7. The summed E-state index contributed by atoms with van der Waals surface area (Å²) in [4.78, 5) is 51.7. The normalized spacial score (nSPS) is 13.1. The van der Waals surface area contributed by atoms with Gasteiger partial charge in [-0.25, -0.2) is 29.9 Å². The Morgan fingerprint density at radius 1 is 0.566 bits per heavy atom. The lowest BCUT2D eigenvalue weighted by Crippen LogP contribution is -2.46. The predicted molar refractivity (Wildman–Crippen MR) is 316 cm³/mol. The number of methoxy groups -OCH3 is 4. The first-order valence-electron chi connectivity index (χ1n) is 25.6. The molecular weight excluding hydrogens is 1150 g/mol. The second-order valence-electron chi connectivity index (χ2n) is 19.1. The number of nitrogens with zero attached hydrogens (tertiary/aromatic N) is 9. The van der Waals surface area contributed by atoms with E-state index in [1.165, 1.54) is 53.2 Å². The van der Waals surface area contributed by atoms with Gasteiger partial charge < -0.3 is 49.3 Å². The third kappa shape index (κ3) is 14.1. The van der Waals surface area contributed by atoms with Gasteiger partial charge >= 0.3 is 0 Å². The number of ether oxygens (including phenoxy) is 6. The summed E-state index contributed by atoms with van der Waals surface area (Å²) in [6.07, 6.45) is 6.48. The smallest absolute Gasteiger partial charge is 0.276 e. The van der Waals surface area contributed by atoms with E-state index in [-0.39, 0.29) is 44.3 Å². The van der Waals surface area contributed by atoms with Crippen LogP contribution in [0.3, 0.4) is 0 Å². The van der Waals surface area contributed by atoms with E-state index in [2.05, 4.69) is 50.8 Å². The zero-order chi connectivity index (χ0) is 58.7. The van der Waals surface area contributed by atoms with Gasteiger partial charge in [-0.05, 0) is 67.7 Å². The van der Waals surface area contributed by atoms with Gasteiger partial charge in [0.25, 0.3) is 11.4 Å². The van der Waals surface area contributed by atoms with Crippen LogP contribution in [0.1, 0.15) is 22.5 Å². The van der Waals surface area contributed by atoms with Crippen LogP contribution < -0.4 is 44.4 Å². The van der Waals surface area contributed by atoms with Crippen LogP contribution in [0.25, 0.3) is 22.5 Å². The van der Waals surface area contributed by atoms with Crippen LogP contribution in [0, 0.1) is 32.1 Å². The average molecular weight is 1210 g/mol. The van der Waals surface area contributed by atoms with Gasteiger partial charge in [0.2, 0.25) is 0 Å². The summed E-state index contributed by atoms with van der Waals surface area (Å²) in [6.45, 7) is 4.72. The molecule has 0 saturated carbocycles. The van der Waals surface area contributed by atoms with Crippen molar-refractivity contribution in [2.24, 2.45) is 11.8 Å². The van der Waals surface area contributed by atoms with Crippen LogP contribution >= 0.6 is 46.4 Å². The SMILES string of the molecule is COc1cc(OC)c(Cl)c(Nc2ncccc2-c2cc(Cc3ccc(OCC4CN(C)C4)cc3[N+](=O)[O-])ncn2)c1Cl.COc1cc(OC)c(Cl)c(Nc2ncccc2-c2cc(Cc3ccc(OCC4CNC4)cc3[N+](=O)[O-])ncn2)c1Cl. The second-order valence-corrected chi connectivity index (χ2v) is 20.6. The Balaban J connectivity index is 0.000000200. The van der Waals surface area contributed by atoms with Gasteiger partial charge in [0, 0.05) is 109 Å². The molecule has 2 fully saturated rings. The number of rotatable bonds is 22. The Morgan fingerprint density at radius 2 is 0.976 bits per heavy atom. The van der Waals surface area contributed by atoms with Crippen molar-refractivity contribution in [1.29, 1.82) is 0 Å². The first kappa shape index (κ1) is 59.2. The molecule has 3 N–H and O–H groups in total. The number of hydrogen-bond donors (Lipinski definition) is 3. The summed E-state index contributed by atoms with van der Waals surface area (Å²) in [5.74, 6) is 4.11. The minimum atomic E-state index is -0.409. The van der Waals surface area contributed by atoms with Crippen LogP contribution in [0.5, 0.6) is 34.5 Å². The fourth-order valence-corrected chi connectivity index (χ4v) is 10.2. The topological polar surface area (TPSA) is 258 Å². The molecule has 0 aliphatic carbocycles. The number of hydrogen-bond acceptors (Lipinski definition) is 20. The monoisotopic (exact) mass is 1210 g/mol. The molecule has 2 aliphatic heterocycles. The van der Waals surface area contributed by atoms with Gasteiger partial charge in [-0.15, -0.1) is 0 Å². The van der Waals surface area contributed by atoms with E-state index in [1.807, 2.05) is 19.2 Å². The van der Waals surface area contributed by atoms with Gasteiger partial charge in [0.05, 0.1) is 86.4 Å². The van der Waals surface area contributed by atoms with E-state index in [0.29, 0.717) is 128 Å². The molecule has 83 heavy (non-hydrogen) atoms. The summed E-state index contributed by atoms with van der Waals surface area (Å²) in [7, 11) is 8.01. The highest BCUT2D eigenvalue weighted by atomic mass is 35.5. The summed E-state index contributed by atoms with van der Waals surface area (Å²) in [5, 5.41) is 34.4. The summed E-state index contributed by atoms with van der Waals surface area (Å²) >= 11 is 26.2. The number of pyridine rings is 2. The first-order valence-corrected chi connectivity index (χ1v) is 27.1. The number of nitro groups is 2. The summed E-state index contributed by atoms with van der Waals surface area (Å²) in [6, 6.07) is 23.7. The molecule has 6 heterocycles. The minimum absolute atomic E-state index is 0.0293. The quantitative estimate of drug-likeness (QED) is 0.0421. The number of nitrogens with one attached hydrogen (secondary N) is 3. The lowest BCUT2D eigenvalue weighted by atomic mass is 10.0. The number of nitro benzene ring substituents is 2. The molecular formula is C57H54Cl4N12O10. The maximum Gasteiger partial charge on any atom is 0.276 e. The molecule has 4 aromatic heterocycles. The molecule has 0 bridgehead atoms. The largest absolute Gasteiger partial charge is 0.495 e. The maximum absolute atomic E-state index is 11.9. The van der Waals surface area contributed by atoms with Gasteiger partial charge in [0.15, 0.2) is 0 Å². The standard InChI is InChI=1S/C29H28Cl2N6O5.C28H26Cl2N6O5/c1-36-13-17(14-36)15-42-20-7-6-18(23(11-20)37(38)39)9-19-10-22(34-16-33-19)21-5-4-8-32-29(21)35-28-26(30)24(40-2)12-25(41-3)27(28)31;1-39-23-11-24(40-2)26(30)27(25(23)29)35-28-20(4-3-7-32-28)21-9-18(33-15-34-21)8-17-5-6-19(10-22(17)36(37)38)41-14-16-12-31-13-16/h4-8,10-12,16-17H,9,13-15H2,1-3H3,(H,32,35);3-7,9-11,15-16,31H,8,12-14H2,1-2H3,(H,32,35). The fourth-order valence-electron chi connectivity index (χ4n) is 9.06. The van der Waals surface area contributed by atoms with Crippen molar-refractivity contribution >= 4 is 80.8 Å². The van der Waals surface area contributed by atoms with Crippen molar-refractivity contribution in [1.82, 2.24) is 40.1 Å². The zero-order valence-electron chi connectivity index (χ0n) is 45.3. The molecule has 0 atom stereocenters. The van der Waals surface area contributed by atoms with Crippen molar-refractivity contribution in [2.45, 2.75) is 12.8 Å². The molecule has 22 nitrogen and oxygen atoms in total. The Labute approximate surface area is 496 Å². The molecule has 2 aliphatic rings. The molecule has 0 unspecified atom stereocenters. The molecule has 8 aromatic rings. The Hall–Kier alpha value is -8.38. The van der Waals surface area contributed by atoms with Crippen LogP contribution in [-0.2, 0) is 12.8 Å². The van der Waals surface area contributed by atoms with E-state index < -0.39 is 9.85 Å². The van der Waals surface area contributed by atoms with Crippen LogP contribution in [0.4, 0.5) is 34.4 Å². The highest BCUT2D eigenvalue weighted by Crippen LogP contribution is 2.47. The summed E-state index contributed by atoms with van der Waals surface area (Å²) < 4.78 is 33.1. The minimum Gasteiger partial charge on any atom is -0.495 e. The van der Waals surface area contributed by atoms with Crippen LogP contribution in [0.15, 0.2) is 110 Å². The summed E-state index contributed by atoms with van der Waals surface area (Å²) in [5.41, 5.74) is 5.18. The lowest BCUT2D eigenvalue weighted by Gasteiger charge is -2.35. The molecule has 0 spiro atoms. The highest BCUT2D eigenvalue weighted by Gasteiger charge is 2.26. The first-order chi connectivity index (χ1) is 40.1. The van der Waals surface area contributed by atoms with E-state index in [4.69, 9.17) is 74.8 Å². The zero-order valence-corrected chi connectivity index (χ0v) is 48.3. The Morgan fingerprint density at radius 3 is 1.34 bits per heavy atom. The number of likely N-dealkylation sites (tertiary alicyclic amines) is 1. The van der Waals surface area contributed by atoms with E-state index >= 15 is 0 Å². The van der Waals surface area contributed by atoms with Crippen LogP contribution in [-0.4, -0.2) is 120 Å². The molecule has 10 rings (SSSR count). The highest BCUT2D eigenvalue weighted by molar-refractivity contribution is 6.42. The number of halogens is 4. The second kappa shape index (κ2) is 27.1. The molecule has 26 heteroatoms.